The number of anilines is 1. The summed E-state index contributed by atoms with van der Waals surface area (Å²) in [7, 11) is 0. The topological polar surface area (TPSA) is 72.2 Å². The summed E-state index contributed by atoms with van der Waals surface area (Å²) in [5.41, 5.74) is -0.0632. The number of non-ortho nitro benzene ring substituents is 1. The summed E-state index contributed by atoms with van der Waals surface area (Å²) in [6.45, 7) is 0. The third kappa shape index (κ3) is 4.54. The van der Waals surface area contributed by atoms with Gasteiger partial charge in [0.1, 0.15) is 0 Å². The average Bonchev–Trinajstić information content (AvgIpc) is 2.50. The van der Waals surface area contributed by atoms with Gasteiger partial charge in [-0.05, 0) is 40.8 Å². The van der Waals surface area contributed by atoms with Crippen molar-refractivity contribution < 1.29 is 18.5 Å². The molecule has 0 aliphatic carbocycles. The van der Waals surface area contributed by atoms with Gasteiger partial charge < -0.3 is 5.32 Å². The fourth-order valence-electron chi connectivity index (χ4n) is 1.81. The Kier molecular flexibility index (Phi) is 6.35. The quantitative estimate of drug-likeness (QED) is 0.266. The Labute approximate surface area is 158 Å². The van der Waals surface area contributed by atoms with Crippen LogP contribution in [0, 0.1) is 13.7 Å². The zero-order valence-electron chi connectivity index (χ0n) is 11.6. The Hall–Kier alpha value is -1.46. The van der Waals surface area contributed by atoms with E-state index in [1.165, 1.54) is 30.3 Å². The maximum atomic E-state index is 12.7. The number of alkyl halides is 2. The lowest BCUT2D eigenvalue weighted by molar-refractivity contribution is -0.384. The van der Waals surface area contributed by atoms with Crippen LogP contribution in [-0.4, -0.2) is 16.6 Å². The summed E-state index contributed by atoms with van der Waals surface area (Å²) in [5, 5.41) is 13.4. The molecule has 0 unspecified atom stereocenters. The van der Waals surface area contributed by atoms with E-state index >= 15 is 0 Å². The smallest absolute Gasteiger partial charge is 0.289 e. The van der Waals surface area contributed by atoms with Crippen LogP contribution < -0.4 is 5.32 Å². The highest BCUT2D eigenvalue weighted by Crippen LogP contribution is 2.38. The number of hydrogen-bond acceptors (Lipinski definition) is 4. The molecule has 5 nitrogen and oxygen atoms in total. The molecule has 1 amide bonds. The first-order valence-corrected chi connectivity index (χ1v) is 8.62. The minimum absolute atomic E-state index is 0.0305. The minimum Gasteiger partial charge on any atom is -0.321 e. The largest absolute Gasteiger partial charge is 0.321 e. The molecule has 2 aromatic rings. The second-order valence-corrected chi connectivity index (χ2v) is 6.94. The molecule has 0 aliphatic rings. The molecule has 1 N–H and O–H groups in total. The SMILES string of the molecule is O=C(Nc1cccc(Cl)c1SC(F)F)c1cc([N+](=O)[O-])ccc1I. The van der Waals surface area contributed by atoms with Crippen LogP contribution in [0.2, 0.25) is 5.02 Å². The fraction of sp³-hybridized carbons (Fsp3) is 0.0714. The van der Waals surface area contributed by atoms with E-state index in [2.05, 4.69) is 5.32 Å². The van der Waals surface area contributed by atoms with Crippen molar-refractivity contribution in [1.29, 1.82) is 0 Å². The van der Waals surface area contributed by atoms with Crippen LogP contribution in [0.25, 0.3) is 0 Å². The van der Waals surface area contributed by atoms with Crippen molar-refractivity contribution in [2.75, 3.05) is 5.32 Å². The van der Waals surface area contributed by atoms with Gasteiger partial charge in [0.25, 0.3) is 17.4 Å². The highest BCUT2D eigenvalue weighted by atomic mass is 127. The second kappa shape index (κ2) is 8.08. The van der Waals surface area contributed by atoms with E-state index < -0.39 is 16.6 Å². The highest BCUT2D eigenvalue weighted by Gasteiger charge is 2.19. The zero-order chi connectivity index (χ0) is 17.9. The van der Waals surface area contributed by atoms with Crippen molar-refractivity contribution in [3.8, 4) is 0 Å². The number of amides is 1. The number of rotatable bonds is 5. The maximum absolute atomic E-state index is 12.7. The van der Waals surface area contributed by atoms with Gasteiger partial charge in [-0.1, -0.05) is 29.4 Å². The molecule has 126 valence electrons. The summed E-state index contributed by atoms with van der Waals surface area (Å²) < 4.78 is 25.8. The summed E-state index contributed by atoms with van der Waals surface area (Å²) in [6, 6.07) is 8.20. The molecule has 0 radical (unpaired) electrons. The number of nitro groups is 1. The van der Waals surface area contributed by atoms with Crippen molar-refractivity contribution in [2.45, 2.75) is 10.7 Å². The van der Waals surface area contributed by atoms with Gasteiger partial charge in [-0.3, -0.25) is 14.9 Å². The standard InChI is InChI=1S/C14H8ClF2IN2O3S/c15-9-2-1-3-11(12(9)24-14(16)17)19-13(21)8-6-7(20(22)23)4-5-10(8)18/h1-6,14H,(H,19,21). The van der Waals surface area contributed by atoms with Gasteiger partial charge in [-0.25, -0.2) is 0 Å². The van der Waals surface area contributed by atoms with Crippen LogP contribution >= 0.6 is 46.0 Å². The van der Waals surface area contributed by atoms with Gasteiger partial charge in [0.15, 0.2) is 0 Å². The number of halogens is 4. The number of carbonyl (C=O) groups excluding carboxylic acids is 1. The molecule has 2 aromatic carbocycles. The molecule has 0 saturated heterocycles. The predicted molar refractivity (Wildman–Crippen MR) is 97.1 cm³/mol. The van der Waals surface area contributed by atoms with E-state index in [-0.39, 0.29) is 38.6 Å². The monoisotopic (exact) mass is 484 g/mol. The van der Waals surface area contributed by atoms with Crippen LogP contribution in [0.5, 0.6) is 0 Å². The summed E-state index contributed by atoms with van der Waals surface area (Å²) in [5.74, 6) is -3.36. The predicted octanol–water partition coefficient (Wildman–Crippen LogP) is 5.42. The van der Waals surface area contributed by atoms with E-state index in [0.29, 0.717) is 3.57 Å². The normalized spacial score (nSPS) is 10.7. The second-order valence-electron chi connectivity index (χ2n) is 4.37. The summed E-state index contributed by atoms with van der Waals surface area (Å²) >= 11 is 7.97. The van der Waals surface area contributed by atoms with E-state index in [9.17, 15) is 23.7 Å². The Morgan fingerprint density at radius 3 is 2.67 bits per heavy atom. The minimum atomic E-state index is -2.71. The van der Waals surface area contributed by atoms with Gasteiger partial charge in [-0.15, -0.1) is 0 Å². The van der Waals surface area contributed by atoms with E-state index in [1.54, 1.807) is 0 Å². The molecular formula is C14H8ClF2IN2O3S. The van der Waals surface area contributed by atoms with Gasteiger partial charge in [0.2, 0.25) is 0 Å². The Morgan fingerprint density at radius 1 is 1.33 bits per heavy atom. The highest BCUT2D eigenvalue weighted by molar-refractivity contribution is 14.1. The van der Waals surface area contributed by atoms with Gasteiger partial charge in [0.05, 0.1) is 26.1 Å². The molecule has 24 heavy (non-hydrogen) atoms. The van der Waals surface area contributed by atoms with Crippen molar-refractivity contribution in [3.05, 3.63) is 60.7 Å². The lowest BCUT2D eigenvalue weighted by Crippen LogP contribution is -2.14. The van der Waals surface area contributed by atoms with Crippen LogP contribution in [0.4, 0.5) is 20.2 Å². The number of benzene rings is 2. The maximum Gasteiger partial charge on any atom is 0.289 e. The Balaban J connectivity index is 2.35. The Bertz CT molecular complexity index is 808. The number of carbonyl (C=O) groups is 1. The molecule has 0 aliphatic heterocycles. The van der Waals surface area contributed by atoms with Crippen LogP contribution in [0.15, 0.2) is 41.3 Å². The molecule has 0 saturated carbocycles. The molecular weight excluding hydrogens is 477 g/mol. The number of nitro benzene ring substituents is 1. The molecule has 2 rings (SSSR count). The van der Waals surface area contributed by atoms with Crippen LogP contribution in [0.1, 0.15) is 10.4 Å². The first-order chi connectivity index (χ1) is 11.3. The van der Waals surface area contributed by atoms with Crippen molar-refractivity contribution in [2.24, 2.45) is 0 Å². The van der Waals surface area contributed by atoms with Crippen molar-refractivity contribution >= 4 is 63.2 Å². The summed E-state index contributed by atoms with van der Waals surface area (Å²) in [4.78, 5) is 22.6. The molecule has 0 aromatic heterocycles. The van der Waals surface area contributed by atoms with Crippen LogP contribution in [-0.2, 0) is 0 Å². The lowest BCUT2D eigenvalue weighted by atomic mass is 10.2. The van der Waals surface area contributed by atoms with E-state index in [4.69, 9.17) is 11.6 Å². The first kappa shape index (κ1) is 18.9. The van der Waals surface area contributed by atoms with Gasteiger partial charge >= 0.3 is 0 Å². The molecule has 0 fully saturated rings. The van der Waals surface area contributed by atoms with E-state index in [0.717, 1.165) is 6.07 Å². The first-order valence-electron chi connectivity index (χ1n) is 6.28. The van der Waals surface area contributed by atoms with Crippen LogP contribution in [0.3, 0.4) is 0 Å². The molecule has 0 atom stereocenters. The molecule has 0 spiro atoms. The number of nitrogens with one attached hydrogen (secondary N) is 1. The fourth-order valence-corrected chi connectivity index (χ4v) is 3.30. The Morgan fingerprint density at radius 2 is 2.04 bits per heavy atom. The zero-order valence-corrected chi connectivity index (χ0v) is 15.4. The molecule has 10 heteroatoms. The third-order valence-electron chi connectivity index (χ3n) is 2.83. The van der Waals surface area contributed by atoms with Gasteiger partial charge in [-0.2, -0.15) is 8.78 Å². The number of nitrogens with zero attached hydrogens (tertiary/aromatic N) is 1. The van der Waals surface area contributed by atoms with E-state index in [1.807, 2.05) is 22.6 Å². The number of thioether (sulfide) groups is 1. The van der Waals surface area contributed by atoms with Gasteiger partial charge in [0, 0.05) is 15.7 Å². The third-order valence-corrected chi connectivity index (χ3v) is 5.05. The number of hydrogen-bond donors (Lipinski definition) is 1. The molecule has 0 heterocycles. The van der Waals surface area contributed by atoms with Crippen molar-refractivity contribution in [1.82, 2.24) is 0 Å². The average molecular weight is 485 g/mol. The summed E-state index contributed by atoms with van der Waals surface area (Å²) in [6.07, 6.45) is 0. The molecule has 0 bridgehead atoms. The lowest BCUT2D eigenvalue weighted by Gasteiger charge is -2.12. The van der Waals surface area contributed by atoms with Crippen molar-refractivity contribution in [3.63, 3.8) is 0 Å².